The molecule has 6 nitrogen and oxygen atoms in total. The van der Waals surface area contributed by atoms with Crippen molar-refractivity contribution in [1.82, 2.24) is 0 Å². The van der Waals surface area contributed by atoms with E-state index in [2.05, 4.69) is 0 Å². The van der Waals surface area contributed by atoms with Gasteiger partial charge in [0.1, 0.15) is 12.2 Å². The molecular weight excluding hydrogens is 509 g/mol. The van der Waals surface area contributed by atoms with Crippen LogP contribution in [0.15, 0.2) is 23.8 Å². The highest BCUT2D eigenvalue weighted by Gasteiger charge is 2.78. The molecule has 0 amide bonds. The number of aliphatic hydroxyl groups excluding tert-OH is 1. The molecule has 1 saturated heterocycles. The zero-order valence-corrected chi connectivity index (χ0v) is 22.0. The fourth-order valence-corrected chi connectivity index (χ4v) is 9.13. The largest absolute Gasteiger partial charge is 0.449 e. The Kier molecular flexibility index (Phi) is 6.51. The molecule has 37 heavy (non-hydrogen) atoms. The summed E-state index contributed by atoms with van der Waals surface area (Å²) in [6, 6.07) is -1.03. The van der Waals surface area contributed by atoms with Crippen molar-refractivity contribution in [2.75, 3.05) is 19.2 Å². The van der Waals surface area contributed by atoms with Crippen molar-refractivity contribution in [3.8, 4) is 0 Å². The van der Waals surface area contributed by atoms with E-state index in [0.29, 0.717) is 24.8 Å². The Balaban J connectivity index is 1.61. The molecular formula is C27H33F3O6S. The minimum atomic E-state index is -2.32. The molecule has 10 atom stereocenters. The number of carbonyl (C=O) groups excluding carboxylic acids is 3. The number of ketones is 1. The first-order valence-electron chi connectivity index (χ1n) is 12.9. The van der Waals surface area contributed by atoms with Crippen molar-refractivity contribution in [3.05, 3.63) is 23.8 Å². The lowest BCUT2D eigenvalue weighted by molar-refractivity contribution is -0.230. The van der Waals surface area contributed by atoms with Gasteiger partial charge in [-0.25, -0.2) is 13.2 Å². The number of allylic oxidation sites excluding steroid dienone is 4. The average molecular weight is 543 g/mol. The van der Waals surface area contributed by atoms with Crippen LogP contribution in [-0.2, 0) is 23.9 Å². The Bertz CT molecular complexity index is 1070. The highest BCUT2D eigenvalue weighted by Crippen LogP contribution is 2.72. The SMILES string of the molecule is C[C@@H]1C[C@H]2[C@@H]3C[C@H](F)C4=CC(=O)C=C[C@]4(C)[C@@]3(F)[C@@H](O)C[C@]2(C)[C@@]1(OC(=O)C1CCOC1)C(=O)SCF. The molecule has 1 aliphatic heterocycles. The predicted molar refractivity (Wildman–Crippen MR) is 130 cm³/mol. The normalized spacial score (nSPS) is 48.6. The zero-order chi connectivity index (χ0) is 27.0. The topological polar surface area (TPSA) is 89.9 Å². The monoisotopic (exact) mass is 542 g/mol. The second kappa shape index (κ2) is 8.95. The summed E-state index contributed by atoms with van der Waals surface area (Å²) in [5.74, 6) is -3.94. The maximum atomic E-state index is 17.4. The third-order valence-corrected chi connectivity index (χ3v) is 10.9. The van der Waals surface area contributed by atoms with Gasteiger partial charge in [-0.1, -0.05) is 19.9 Å². The van der Waals surface area contributed by atoms with Gasteiger partial charge >= 0.3 is 5.97 Å². The van der Waals surface area contributed by atoms with Crippen LogP contribution in [0.5, 0.6) is 0 Å². The lowest BCUT2D eigenvalue weighted by atomic mass is 9.44. The molecule has 0 aromatic heterocycles. The Hall–Kier alpha value is -1.65. The smallest absolute Gasteiger partial charge is 0.312 e. The molecule has 0 radical (unpaired) electrons. The molecule has 204 valence electrons. The van der Waals surface area contributed by atoms with Crippen LogP contribution in [0.25, 0.3) is 0 Å². The second-order valence-corrected chi connectivity index (χ2v) is 12.6. The molecule has 0 aromatic rings. The van der Waals surface area contributed by atoms with Crippen LogP contribution in [0.3, 0.4) is 0 Å². The Morgan fingerprint density at radius 2 is 2.00 bits per heavy atom. The second-order valence-electron chi connectivity index (χ2n) is 11.8. The first kappa shape index (κ1) is 26.9. The minimum absolute atomic E-state index is 0.00966. The molecule has 5 rings (SSSR count). The van der Waals surface area contributed by atoms with Crippen LogP contribution in [0.4, 0.5) is 13.2 Å². The van der Waals surface area contributed by atoms with Crippen LogP contribution < -0.4 is 0 Å². The van der Waals surface area contributed by atoms with E-state index in [1.54, 1.807) is 13.8 Å². The molecule has 4 aliphatic carbocycles. The van der Waals surface area contributed by atoms with E-state index in [4.69, 9.17) is 9.47 Å². The standard InChI is InChI=1S/C27H33F3O6S/c1-14-8-17-18-10-20(29)19-9-16(31)4-6-24(19,2)26(18,30)21(32)11-25(17,3)27(14,23(34)37-13-28)36-22(33)15-5-7-35-12-15/h4,6,9,14-15,17-18,20-21,32H,5,7-8,10-13H2,1-3H3/t14-,15?,17+,18+,20+,21+,24+,25+,26+,27+/m1/s1. The van der Waals surface area contributed by atoms with Crippen molar-refractivity contribution in [2.45, 2.75) is 70.0 Å². The highest BCUT2D eigenvalue weighted by atomic mass is 32.2. The van der Waals surface area contributed by atoms with Gasteiger partial charge in [-0.2, -0.15) is 0 Å². The predicted octanol–water partition coefficient (Wildman–Crippen LogP) is 4.06. The number of hydrogen-bond acceptors (Lipinski definition) is 7. The van der Waals surface area contributed by atoms with Gasteiger partial charge in [0, 0.05) is 29.3 Å². The van der Waals surface area contributed by atoms with Gasteiger partial charge in [0.15, 0.2) is 17.1 Å². The first-order chi connectivity index (χ1) is 17.4. The molecule has 3 saturated carbocycles. The van der Waals surface area contributed by atoms with Gasteiger partial charge in [0.05, 0.1) is 18.6 Å². The average Bonchev–Trinajstić information content (AvgIpc) is 3.45. The van der Waals surface area contributed by atoms with Gasteiger partial charge in [-0.15, -0.1) is 0 Å². The molecule has 10 heteroatoms. The molecule has 0 bridgehead atoms. The van der Waals surface area contributed by atoms with Gasteiger partial charge in [0.2, 0.25) is 5.12 Å². The van der Waals surface area contributed by atoms with Crippen molar-refractivity contribution in [3.63, 3.8) is 0 Å². The summed E-state index contributed by atoms with van der Waals surface area (Å²) in [6.45, 7) is 5.42. The van der Waals surface area contributed by atoms with Crippen molar-refractivity contribution < 1.29 is 42.1 Å². The van der Waals surface area contributed by atoms with Crippen LogP contribution in [0, 0.1) is 34.5 Å². The zero-order valence-electron chi connectivity index (χ0n) is 21.2. The summed E-state index contributed by atoms with van der Waals surface area (Å²) in [4.78, 5) is 38.9. The number of halogens is 3. The molecule has 1 unspecified atom stereocenters. The maximum Gasteiger partial charge on any atom is 0.312 e. The van der Waals surface area contributed by atoms with E-state index in [9.17, 15) is 23.9 Å². The van der Waals surface area contributed by atoms with Gasteiger partial charge in [0.25, 0.3) is 0 Å². The fourth-order valence-electron chi connectivity index (χ4n) is 8.34. The molecule has 0 spiro atoms. The van der Waals surface area contributed by atoms with Crippen molar-refractivity contribution in [2.24, 2.45) is 34.5 Å². The third kappa shape index (κ3) is 3.43. The molecule has 0 aromatic carbocycles. The van der Waals surface area contributed by atoms with Crippen LogP contribution in [-0.4, -0.2) is 64.7 Å². The first-order valence-corrected chi connectivity index (χ1v) is 13.9. The van der Waals surface area contributed by atoms with Crippen LogP contribution >= 0.6 is 11.8 Å². The third-order valence-electron chi connectivity index (χ3n) is 10.2. The molecule has 5 aliphatic rings. The maximum absolute atomic E-state index is 17.4. The number of rotatable bonds is 4. The van der Waals surface area contributed by atoms with Gasteiger partial charge < -0.3 is 14.6 Å². The number of fused-ring (bicyclic) bond motifs is 5. The van der Waals surface area contributed by atoms with E-state index < -0.39 is 80.9 Å². The molecule has 1 N–H and O–H groups in total. The van der Waals surface area contributed by atoms with Gasteiger partial charge in [-0.05, 0) is 68.0 Å². The van der Waals surface area contributed by atoms with E-state index in [1.165, 1.54) is 19.1 Å². The molecule has 1 heterocycles. The minimum Gasteiger partial charge on any atom is -0.449 e. The Morgan fingerprint density at radius 3 is 2.65 bits per heavy atom. The lowest BCUT2D eigenvalue weighted by Crippen LogP contribution is -2.70. The van der Waals surface area contributed by atoms with Gasteiger partial charge in [-0.3, -0.25) is 14.4 Å². The highest BCUT2D eigenvalue weighted by molar-refractivity contribution is 8.13. The summed E-state index contributed by atoms with van der Waals surface area (Å²) < 4.78 is 57.9. The van der Waals surface area contributed by atoms with Crippen molar-refractivity contribution >= 4 is 28.6 Å². The number of alkyl halides is 3. The summed E-state index contributed by atoms with van der Waals surface area (Å²) >= 11 is 0.397. The lowest BCUT2D eigenvalue weighted by Gasteiger charge is -2.63. The number of ether oxygens (including phenoxy) is 2. The number of carbonyl (C=O) groups is 3. The van der Waals surface area contributed by atoms with Crippen molar-refractivity contribution in [1.29, 1.82) is 0 Å². The summed E-state index contributed by atoms with van der Waals surface area (Å²) in [5.41, 5.74) is -6.97. The number of thioether (sulfide) groups is 1. The fraction of sp³-hybridized carbons (Fsp3) is 0.741. The summed E-state index contributed by atoms with van der Waals surface area (Å²) in [6.07, 6.45) is 0.529. The number of esters is 1. The summed E-state index contributed by atoms with van der Waals surface area (Å²) in [5, 5.41) is 10.8. The van der Waals surface area contributed by atoms with E-state index in [-0.39, 0.29) is 31.4 Å². The van der Waals surface area contributed by atoms with Crippen LogP contribution in [0.1, 0.15) is 46.5 Å². The van der Waals surface area contributed by atoms with E-state index in [1.807, 2.05) is 0 Å². The quantitative estimate of drug-likeness (QED) is 0.536. The Morgan fingerprint density at radius 1 is 1.27 bits per heavy atom. The van der Waals surface area contributed by atoms with E-state index in [0.717, 1.165) is 6.08 Å². The van der Waals surface area contributed by atoms with E-state index >= 15 is 8.78 Å². The Labute approximate surface area is 218 Å². The van der Waals surface area contributed by atoms with Crippen LogP contribution in [0.2, 0.25) is 0 Å². The number of aliphatic hydroxyl groups is 1. The number of hydrogen-bond donors (Lipinski definition) is 1. The molecule has 4 fully saturated rings. The summed E-state index contributed by atoms with van der Waals surface area (Å²) in [7, 11) is 0.